The second kappa shape index (κ2) is 6.98. The Morgan fingerprint density at radius 2 is 1.47 bits per heavy atom. The molecule has 0 atom stereocenters. The van der Waals surface area contributed by atoms with E-state index in [1.54, 1.807) is 0 Å². The summed E-state index contributed by atoms with van der Waals surface area (Å²) in [5.74, 6) is 0.401. The number of hydrogen-bond donors (Lipinski definition) is 2. The zero-order valence-electron chi connectivity index (χ0n) is 9.89. The van der Waals surface area contributed by atoms with Crippen LogP contribution >= 0.6 is 0 Å². The minimum absolute atomic E-state index is 0.00435. The molecular weight excluding hydrogens is 224 g/mol. The molecule has 1 fully saturated rings. The number of carbonyl (C=O) groups excluding carboxylic acids is 2. The largest absolute Gasteiger partial charge is 0.449 e. The zero-order chi connectivity index (χ0) is 12.7. The second-order valence-corrected chi connectivity index (χ2v) is 4.42. The first kappa shape index (κ1) is 13.6. The highest BCUT2D eigenvalue weighted by atomic mass is 16.6. The summed E-state index contributed by atoms with van der Waals surface area (Å²) in [7, 11) is 0. The predicted molar refractivity (Wildman–Crippen MR) is 61.1 cm³/mol. The van der Waals surface area contributed by atoms with Crippen molar-refractivity contribution >= 4 is 12.2 Å². The molecule has 0 saturated heterocycles. The van der Waals surface area contributed by atoms with Crippen molar-refractivity contribution in [1.29, 1.82) is 0 Å². The van der Waals surface area contributed by atoms with Gasteiger partial charge in [0.1, 0.15) is 0 Å². The van der Waals surface area contributed by atoms with Crippen LogP contribution in [0.15, 0.2) is 0 Å². The van der Waals surface area contributed by atoms with E-state index in [0.717, 1.165) is 25.7 Å². The molecule has 1 saturated carbocycles. The van der Waals surface area contributed by atoms with Crippen molar-refractivity contribution in [2.45, 2.75) is 32.1 Å². The van der Waals surface area contributed by atoms with Crippen molar-refractivity contribution < 1.29 is 19.1 Å². The minimum Gasteiger partial charge on any atom is -0.449 e. The van der Waals surface area contributed by atoms with Gasteiger partial charge in [0, 0.05) is 5.92 Å². The summed E-state index contributed by atoms with van der Waals surface area (Å²) in [4.78, 5) is 21.2. The number of carbonyl (C=O) groups is 2. The topological polar surface area (TPSA) is 105 Å². The first-order chi connectivity index (χ1) is 8.09. The summed E-state index contributed by atoms with van der Waals surface area (Å²) in [6, 6.07) is 0. The van der Waals surface area contributed by atoms with Crippen LogP contribution in [-0.4, -0.2) is 25.4 Å². The molecular formula is C11H20N2O4. The van der Waals surface area contributed by atoms with E-state index in [1.165, 1.54) is 6.42 Å². The summed E-state index contributed by atoms with van der Waals surface area (Å²) in [5, 5.41) is 0. The molecule has 0 heterocycles. The van der Waals surface area contributed by atoms with E-state index in [9.17, 15) is 9.59 Å². The third kappa shape index (κ3) is 5.42. The Hall–Kier alpha value is -1.46. The fourth-order valence-corrected chi connectivity index (χ4v) is 2.30. The zero-order valence-corrected chi connectivity index (χ0v) is 9.89. The summed E-state index contributed by atoms with van der Waals surface area (Å²) in [5.41, 5.74) is 9.87. The Morgan fingerprint density at radius 3 is 1.88 bits per heavy atom. The highest BCUT2D eigenvalue weighted by Crippen LogP contribution is 2.30. The number of ether oxygens (including phenoxy) is 2. The van der Waals surface area contributed by atoms with Crippen LogP contribution in [0.4, 0.5) is 9.59 Å². The maximum absolute atomic E-state index is 10.6. The van der Waals surface area contributed by atoms with Gasteiger partial charge in [0.15, 0.2) is 0 Å². The van der Waals surface area contributed by atoms with Gasteiger partial charge in [-0.15, -0.1) is 0 Å². The van der Waals surface area contributed by atoms with Crippen LogP contribution in [0.1, 0.15) is 32.1 Å². The van der Waals surface area contributed by atoms with E-state index in [0.29, 0.717) is 5.92 Å². The van der Waals surface area contributed by atoms with Gasteiger partial charge in [-0.3, -0.25) is 0 Å². The van der Waals surface area contributed by atoms with Crippen LogP contribution < -0.4 is 11.5 Å². The highest BCUT2D eigenvalue weighted by molar-refractivity contribution is 5.65. The Kier molecular flexibility index (Phi) is 5.59. The standard InChI is InChI=1S/C11H20N2O4/c12-10(14)16-6-9(7-17-11(13)15)8-4-2-1-3-5-8/h8-9H,1-7H2,(H2,12,14)(H2,13,15). The monoisotopic (exact) mass is 244 g/mol. The van der Waals surface area contributed by atoms with E-state index >= 15 is 0 Å². The number of amides is 2. The molecule has 17 heavy (non-hydrogen) atoms. The maximum atomic E-state index is 10.6. The van der Waals surface area contributed by atoms with E-state index in [4.69, 9.17) is 20.9 Å². The quantitative estimate of drug-likeness (QED) is 0.761. The molecule has 0 aromatic carbocycles. The number of nitrogens with two attached hydrogens (primary N) is 2. The molecule has 4 N–H and O–H groups in total. The Morgan fingerprint density at radius 1 is 1.00 bits per heavy atom. The molecule has 0 aromatic rings. The van der Waals surface area contributed by atoms with E-state index in [2.05, 4.69) is 0 Å². The van der Waals surface area contributed by atoms with Crippen molar-refractivity contribution in [1.82, 2.24) is 0 Å². The Balaban J connectivity index is 2.43. The molecule has 0 unspecified atom stereocenters. The maximum Gasteiger partial charge on any atom is 0.404 e. The number of primary amides is 2. The smallest absolute Gasteiger partial charge is 0.404 e. The Labute approximate surface area is 101 Å². The van der Waals surface area contributed by atoms with Crippen LogP contribution in [0.2, 0.25) is 0 Å². The number of hydrogen-bond acceptors (Lipinski definition) is 4. The summed E-state index contributed by atoms with van der Waals surface area (Å²) < 4.78 is 9.59. The third-order valence-electron chi connectivity index (χ3n) is 3.20. The van der Waals surface area contributed by atoms with Crippen molar-refractivity contribution in [3.63, 3.8) is 0 Å². The van der Waals surface area contributed by atoms with Crippen LogP contribution in [0.25, 0.3) is 0 Å². The van der Waals surface area contributed by atoms with Crippen LogP contribution in [0.3, 0.4) is 0 Å². The molecule has 0 aromatic heterocycles. The van der Waals surface area contributed by atoms with Gasteiger partial charge in [-0.05, 0) is 18.8 Å². The fraction of sp³-hybridized carbons (Fsp3) is 0.818. The molecule has 1 rings (SSSR count). The SMILES string of the molecule is NC(=O)OCC(COC(N)=O)C1CCCCC1. The van der Waals surface area contributed by atoms with Gasteiger partial charge < -0.3 is 20.9 Å². The first-order valence-corrected chi connectivity index (χ1v) is 5.94. The lowest BCUT2D eigenvalue weighted by Crippen LogP contribution is -2.31. The summed E-state index contributed by atoms with van der Waals surface area (Å²) in [6.45, 7) is 0.376. The molecule has 0 spiro atoms. The van der Waals surface area contributed by atoms with Gasteiger partial charge in [-0.25, -0.2) is 9.59 Å². The third-order valence-corrected chi connectivity index (χ3v) is 3.20. The lowest BCUT2D eigenvalue weighted by atomic mass is 9.80. The van der Waals surface area contributed by atoms with Gasteiger partial charge in [0.2, 0.25) is 0 Å². The second-order valence-electron chi connectivity index (χ2n) is 4.42. The summed E-state index contributed by atoms with van der Waals surface area (Å²) in [6.07, 6.45) is 4.08. The fourth-order valence-electron chi connectivity index (χ4n) is 2.30. The van der Waals surface area contributed by atoms with Gasteiger partial charge >= 0.3 is 12.2 Å². The normalized spacial score (nSPS) is 16.8. The van der Waals surface area contributed by atoms with Crippen LogP contribution in [0, 0.1) is 11.8 Å². The van der Waals surface area contributed by atoms with Crippen molar-refractivity contribution in [2.75, 3.05) is 13.2 Å². The molecule has 2 amide bonds. The van der Waals surface area contributed by atoms with Crippen molar-refractivity contribution in [3.05, 3.63) is 0 Å². The minimum atomic E-state index is -0.801. The first-order valence-electron chi connectivity index (χ1n) is 5.94. The summed E-state index contributed by atoms with van der Waals surface area (Å²) >= 11 is 0. The van der Waals surface area contributed by atoms with Crippen LogP contribution in [0.5, 0.6) is 0 Å². The van der Waals surface area contributed by atoms with Gasteiger partial charge in [-0.1, -0.05) is 19.3 Å². The molecule has 98 valence electrons. The van der Waals surface area contributed by atoms with Gasteiger partial charge in [-0.2, -0.15) is 0 Å². The van der Waals surface area contributed by atoms with Gasteiger partial charge in [0.25, 0.3) is 0 Å². The highest BCUT2D eigenvalue weighted by Gasteiger charge is 2.25. The average Bonchev–Trinajstić information content (AvgIpc) is 2.29. The number of rotatable bonds is 5. The molecule has 1 aliphatic carbocycles. The van der Waals surface area contributed by atoms with Crippen LogP contribution in [-0.2, 0) is 9.47 Å². The molecule has 6 nitrogen and oxygen atoms in total. The lowest BCUT2D eigenvalue weighted by molar-refractivity contribution is 0.0590. The van der Waals surface area contributed by atoms with E-state index in [-0.39, 0.29) is 19.1 Å². The van der Waals surface area contributed by atoms with Gasteiger partial charge in [0.05, 0.1) is 13.2 Å². The molecule has 1 aliphatic rings. The van der Waals surface area contributed by atoms with E-state index < -0.39 is 12.2 Å². The molecule has 0 radical (unpaired) electrons. The Bertz CT molecular complexity index is 246. The molecule has 0 aliphatic heterocycles. The van der Waals surface area contributed by atoms with Crippen molar-refractivity contribution in [2.24, 2.45) is 23.3 Å². The molecule has 6 heteroatoms. The van der Waals surface area contributed by atoms with Crippen molar-refractivity contribution in [3.8, 4) is 0 Å². The van der Waals surface area contributed by atoms with E-state index in [1.807, 2.05) is 0 Å². The average molecular weight is 244 g/mol. The predicted octanol–water partition coefficient (Wildman–Crippen LogP) is 1.37. The molecule has 0 bridgehead atoms. The lowest BCUT2D eigenvalue weighted by Gasteiger charge is -2.29.